The molecule has 0 atom stereocenters. The lowest BCUT2D eigenvalue weighted by atomic mass is 10.1. The highest BCUT2D eigenvalue weighted by Gasteiger charge is 1.92. The first-order chi connectivity index (χ1) is 10.3. The van der Waals surface area contributed by atoms with Crippen molar-refractivity contribution in [3.63, 3.8) is 0 Å². The Labute approximate surface area is 135 Å². The molecule has 0 bridgehead atoms. The molecule has 0 saturated carbocycles. The summed E-state index contributed by atoms with van der Waals surface area (Å²) >= 11 is 0. The molecule has 0 radical (unpaired) electrons. The maximum absolute atomic E-state index is 4.13. The molecule has 0 aromatic rings. The van der Waals surface area contributed by atoms with Crippen molar-refractivity contribution in [2.45, 2.75) is 110 Å². The molecule has 0 fully saturated rings. The Morgan fingerprint density at radius 2 is 1.14 bits per heavy atom. The smallest absolute Gasteiger partial charge is 0.0285 e. The monoisotopic (exact) mass is 292 g/mol. The number of hydrogen-bond acceptors (Lipinski definition) is 0. The van der Waals surface area contributed by atoms with Gasteiger partial charge in [0, 0.05) is 0 Å². The fraction of sp³-hybridized carbons (Fsp3) is 0.810. The Balaban J connectivity index is 3.19. The minimum absolute atomic E-state index is 1.18. The van der Waals surface area contributed by atoms with Crippen LogP contribution in [0.1, 0.15) is 110 Å². The van der Waals surface area contributed by atoms with Crippen LogP contribution in [-0.4, -0.2) is 0 Å². The number of unbranched alkanes of at least 4 members (excludes halogenated alkanes) is 12. The molecule has 0 aliphatic carbocycles. The van der Waals surface area contributed by atoms with Gasteiger partial charge in [0.05, 0.1) is 0 Å². The molecule has 0 heterocycles. The minimum Gasteiger partial charge on any atom is -0.0958 e. The van der Waals surface area contributed by atoms with Crippen molar-refractivity contribution in [3.8, 4) is 0 Å². The highest BCUT2D eigenvalue weighted by Crippen LogP contribution is 2.12. The Morgan fingerprint density at radius 1 is 0.667 bits per heavy atom. The standard InChI is InChI=1S/C21H40/c1-4-6-8-9-10-11-12-13-14-15-16-18-20-21(3)19-17-7-5-2/h18,20H,3-17,19H2,1-2H3/b20-18+. The summed E-state index contributed by atoms with van der Waals surface area (Å²) in [5.74, 6) is 0. The van der Waals surface area contributed by atoms with Crippen molar-refractivity contribution < 1.29 is 0 Å². The molecule has 0 N–H and O–H groups in total. The van der Waals surface area contributed by atoms with Gasteiger partial charge < -0.3 is 0 Å². The summed E-state index contributed by atoms with van der Waals surface area (Å²) in [5.41, 5.74) is 1.32. The minimum atomic E-state index is 1.18. The van der Waals surface area contributed by atoms with E-state index < -0.39 is 0 Å². The van der Waals surface area contributed by atoms with Crippen LogP contribution in [0, 0.1) is 0 Å². The van der Waals surface area contributed by atoms with Crippen LogP contribution in [0.15, 0.2) is 24.3 Å². The van der Waals surface area contributed by atoms with Gasteiger partial charge in [0.15, 0.2) is 0 Å². The van der Waals surface area contributed by atoms with E-state index in [1.165, 1.54) is 102 Å². The van der Waals surface area contributed by atoms with Crippen LogP contribution in [0.25, 0.3) is 0 Å². The molecule has 0 rings (SSSR count). The zero-order chi connectivity index (χ0) is 15.6. The van der Waals surface area contributed by atoms with Gasteiger partial charge in [0.1, 0.15) is 0 Å². The summed E-state index contributed by atoms with van der Waals surface area (Å²) < 4.78 is 0. The van der Waals surface area contributed by atoms with E-state index in [0.29, 0.717) is 0 Å². The van der Waals surface area contributed by atoms with E-state index >= 15 is 0 Å². The SMILES string of the molecule is C=C(/C=C/CCCCCCCCCCCC)CCCCC. The quantitative estimate of drug-likeness (QED) is 0.200. The Morgan fingerprint density at radius 3 is 1.71 bits per heavy atom. The predicted molar refractivity (Wildman–Crippen MR) is 98.9 cm³/mol. The van der Waals surface area contributed by atoms with E-state index in [1.807, 2.05) is 0 Å². The summed E-state index contributed by atoms with van der Waals surface area (Å²) in [7, 11) is 0. The lowest BCUT2D eigenvalue weighted by Crippen LogP contribution is -1.82. The van der Waals surface area contributed by atoms with Crippen LogP contribution in [0.4, 0.5) is 0 Å². The summed E-state index contributed by atoms with van der Waals surface area (Å²) in [4.78, 5) is 0. The van der Waals surface area contributed by atoms with Gasteiger partial charge in [-0.1, -0.05) is 109 Å². The van der Waals surface area contributed by atoms with E-state index in [0.717, 1.165) is 0 Å². The second kappa shape index (κ2) is 17.5. The molecule has 0 aliphatic rings. The number of rotatable bonds is 16. The first-order valence-corrected chi connectivity index (χ1v) is 9.65. The van der Waals surface area contributed by atoms with Gasteiger partial charge in [-0.2, -0.15) is 0 Å². The van der Waals surface area contributed by atoms with Gasteiger partial charge in [-0.05, 0) is 25.7 Å². The molecule has 0 heteroatoms. The normalized spacial score (nSPS) is 11.3. The summed E-state index contributed by atoms with van der Waals surface area (Å²) in [5, 5.41) is 0. The molecule has 124 valence electrons. The van der Waals surface area contributed by atoms with Crippen LogP contribution in [0.2, 0.25) is 0 Å². The van der Waals surface area contributed by atoms with Crippen LogP contribution >= 0.6 is 0 Å². The van der Waals surface area contributed by atoms with Gasteiger partial charge in [-0.25, -0.2) is 0 Å². The van der Waals surface area contributed by atoms with Crippen molar-refractivity contribution in [1.29, 1.82) is 0 Å². The van der Waals surface area contributed by atoms with Crippen LogP contribution in [0.5, 0.6) is 0 Å². The van der Waals surface area contributed by atoms with Crippen LogP contribution in [-0.2, 0) is 0 Å². The molecule has 21 heavy (non-hydrogen) atoms. The molecule has 0 nitrogen and oxygen atoms in total. The molecular weight excluding hydrogens is 252 g/mol. The molecule has 0 unspecified atom stereocenters. The largest absolute Gasteiger partial charge is 0.0958 e. The summed E-state index contributed by atoms with van der Waals surface area (Å²) in [6.07, 6.45) is 25.2. The predicted octanol–water partition coefficient (Wildman–Crippen LogP) is 7.99. The zero-order valence-electron chi connectivity index (χ0n) is 15.0. The Hall–Kier alpha value is -0.520. The second-order valence-corrected chi connectivity index (χ2v) is 6.49. The highest BCUT2D eigenvalue weighted by atomic mass is 14.0. The fourth-order valence-electron chi connectivity index (χ4n) is 2.69. The average molecular weight is 293 g/mol. The lowest BCUT2D eigenvalue weighted by Gasteiger charge is -2.01. The van der Waals surface area contributed by atoms with E-state index in [1.54, 1.807) is 0 Å². The van der Waals surface area contributed by atoms with Gasteiger partial charge in [0.2, 0.25) is 0 Å². The third kappa shape index (κ3) is 17.4. The van der Waals surface area contributed by atoms with Crippen LogP contribution < -0.4 is 0 Å². The maximum atomic E-state index is 4.13. The van der Waals surface area contributed by atoms with E-state index in [-0.39, 0.29) is 0 Å². The first kappa shape index (κ1) is 20.5. The molecule has 0 aromatic carbocycles. The van der Waals surface area contributed by atoms with E-state index in [4.69, 9.17) is 0 Å². The van der Waals surface area contributed by atoms with Crippen molar-refractivity contribution in [2.24, 2.45) is 0 Å². The molecular formula is C21H40. The van der Waals surface area contributed by atoms with Gasteiger partial charge in [-0.15, -0.1) is 0 Å². The first-order valence-electron chi connectivity index (χ1n) is 9.65. The third-order valence-corrected chi connectivity index (χ3v) is 4.18. The molecule has 0 aromatic heterocycles. The topological polar surface area (TPSA) is 0 Å². The highest BCUT2D eigenvalue weighted by molar-refractivity contribution is 5.13. The summed E-state index contributed by atoms with van der Waals surface area (Å²) in [6, 6.07) is 0. The van der Waals surface area contributed by atoms with Gasteiger partial charge in [0.25, 0.3) is 0 Å². The summed E-state index contributed by atoms with van der Waals surface area (Å²) in [6.45, 7) is 8.67. The fourth-order valence-corrected chi connectivity index (χ4v) is 2.69. The second-order valence-electron chi connectivity index (χ2n) is 6.49. The number of hydrogen-bond donors (Lipinski definition) is 0. The van der Waals surface area contributed by atoms with E-state index in [2.05, 4.69) is 32.6 Å². The molecule has 0 spiro atoms. The van der Waals surface area contributed by atoms with E-state index in [9.17, 15) is 0 Å². The average Bonchev–Trinajstić information content (AvgIpc) is 2.48. The van der Waals surface area contributed by atoms with Crippen LogP contribution in [0.3, 0.4) is 0 Å². The molecule has 0 aliphatic heterocycles. The number of allylic oxidation sites excluding steroid dienone is 3. The lowest BCUT2D eigenvalue weighted by molar-refractivity contribution is 0.557. The Bertz CT molecular complexity index is 236. The molecule has 0 saturated heterocycles. The Kier molecular flexibility index (Phi) is 17.1. The van der Waals surface area contributed by atoms with Crippen molar-refractivity contribution >= 4 is 0 Å². The van der Waals surface area contributed by atoms with Gasteiger partial charge >= 0.3 is 0 Å². The van der Waals surface area contributed by atoms with Crippen molar-refractivity contribution in [1.82, 2.24) is 0 Å². The van der Waals surface area contributed by atoms with Gasteiger partial charge in [-0.3, -0.25) is 0 Å². The van der Waals surface area contributed by atoms with Crippen molar-refractivity contribution in [2.75, 3.05) is 0 Å². The molecule has 0 amide bonds. The zero-order valence-corrected chi connectivity index (χ0v) is 15.0. The van der Waals surface area contributed by atoms with Crippen molar-refractivity contribution in [3.05, 3.63) is 24.3 Å². The maximum Gasteiger partial charge on any atom is -0.0285 e. The third-order valence-electron chi connectivity index (χ3n) is 4.18.